The predicted molar refractivity (Wildman–Crippen MR) is 108 cm³/mol. The number of esters is 1. The maximum atomic E-state index is 14.2. The Balaban J connectivity index is 1.82. The van der Waals surface area contributed by atoms with Crippen LogP contribution >= 0.6 is 15.9 Å². The highest BCUT2D eigenvalue weighted by molar-refractivity contribution is 9.11. The standard InChI is InChI=1S/C19H15BrF2N2O4S/c1-28-19(25)15-10-17(22)18(11-16(15)21)23-29(26,27)14-4-2-13(3-5-14)24-8-6-12(20)7-9-24/h2-8,10-11,23H,9H2,1H3. The van der Waals surface area contributed by atoms with E-state index in [0.717, 1.165) is 17.3 Å². The summed E-state index contributed by atoms with van der Waals surface area (Å²) < 4.78 is 60.6. The molecule has 0 radical (unpaired) electrons. The fraction of sp³-hybridized carbons (Fsp3) is 0.105. The second-order valence-electron chi connectivity index (χ2n) is 5.96. The number of carbonyl (C=O) groups is 1. The summed E-state index contributed by atoms with van der Waals surface area (Å²) in [5, 5.41) is 0. The van der Waals surface area contributed by atoms with Crippen LogP contribution in [0.15, 0.2) is 64.1 Å². The topological polar surface area (TPSA) is 75.7 Å². The van der Waals surface area contributed by atoms with Crippen LogP contribution < -0.4 is 9.62 Å². The summed E-state index contributed by atoms with van der Waals surface area (Å²) in [5.41, 5.74) is -0.489. The maximum absolute atomic E-state index is 14.2. The molecule has 2 aromatic carbocycles. The number of anilines is 2. The highest BCUT2D eigenvalue weighted by Gasteiger charge is 2.21. The van der Waals surface area contributed by atoms with Gasteiger partial charge in [-0.15, -0.1) is 0 Å². The molecular weight excluding hydrogens is 470 g/mol. The molecule has 29 heavy (non-hydrogen) atoms. The number of halogens is 3. The van der Waals surface area contributed by atoms with Crippen molar-refractivity contribution < 1.29 is 26.7 Å². The summed E-state index contributed by atoms with van der Waals surface area (Å²) in [6.07, 6.45) is 5.64. The summed E-state index contributed by atoms with van der Waals surface area (Å²) >= 11 is 3.36. The number of benzene rings is 2. The highest BCUT2D eigenvalue weighted by Crippen LogP contribution is 2.25. The Labute approximate surface area is 174 Å². The van der Waals surface area contributed by atoms with Crippen LogP contribution in [-0.2, 0) is 14.8 Å². The highest BCUT2D eigenvalue weighted by atomic mass is 79.9. The van der Waals surface area contributed by atoms with Crippen molar-refractivity contribution in [1.29, 1.82) is 0 Å². The van der Waals surface area contributed by atoms with Crippen LogP contribution in [0.3, 0.4) is 0 Å². The molecule has 0 spiro atoms. The summed E-state index contributed by atoms with van der Waals surface area (Å²) in [7, 11) is -3.15. The molecule has 0 amide bonds. The third-order valence-electron chi connectivity index (χ3n) is 4.08. The average Bonchev–Trinajstić information content (AvgIpc) is 2.70. The normalized spacial score (nSPS) is 13.8. The van der Waals surface area contributed by atoms with Crippen molar-refractivity contribution in [2.75, 3.05) is 23.3 Å². The number of nitrogens with one attached hydrogen (secondary N) is 1. The predicted octanol–water partition coefficient (Wildman–Crippen LogP) is 4.16. The molecule has 2 aromatic rings. The van der Waals surface area contributed by atoms with Crippen LogP contribution in [0.2, 0.25) is 0 Å². The number of rotatable bonds is 5. The first kappa shape index (κ1) is 21.0. The molecule has 0 aliphatic carbocycles. The van der Waals surface area contributed by atoms with Crippen molar-refractivity contribution >= 4 is 43.3 Å². The molecular formula is C19H15BrF2N2O4S. The Hall–Kier alpha value is -2.72. The fourth-order valence-corrected chi connectivity index (χ4v) is 3.90. The van der Waals surface area contributed by atoms with E-state index in [1.807, 2.05) is 28.0 Å². The number of hydrogen-bond donors (Lipinski definition) is 1. The first-order valence-corrected chi connectivity index (χ1v) is 10.5. The lowest BCUT2D eigenvalue weighted by Gasteiger charge is -2.21. The average molecular weight is 485 g/mol. The van der Waals surface area contributed by atoms with Gasteiger partial charge < -0.3 is 9.64 Å². The Kier molecular flexibility index (Phi) is 6.04. The van der Waals surface area contributed by atoms with E-state index in [0.29, 0.717) is 18.7 Å². The molecule has 10 heteroatoms. The second kappa shape index (κ2) is 8.34. The van der Waals surface area contributed by atoms with E-state index in [-0.39, 0.29) is 4.90 Å². The van der Waals surface area contributed by atoms with E-state index in [1.165, 1.54) is 12.1 Å². The zero-order chi connectivity index (χ0) is 21.2. The van der Waals surface area contributed by atoms with Crippen LogP contribution in [0.25, 0.3) is 0 Å². The zero-order valence-corrected chi connectivity index (χ0v) is 17.4. The van der Waals surface area contributed by atoms with Gasteiger partial charge in [0.15, 0.2) is 0 Å². The fourth-order valence-electron chi connectivity index (χ4n) is 2.58. The molecule has 0 atom stereocenters. The molecule has 1 aliphatic heterocycles. The summed E-state index contributed by atoms with van der Waals surface area (Å²) in [5.74, 6) is -3.29. The third-order valence-corrected chi connectivity index (χ3v) is 6.05. The van der Waals surface area contributed by atoms with Gasteiger partial charge in [-0.2, -0.15) is 0 Å². The van der Waals surface area contributed by atoms with Gasteiger partial charge in [0.2, 0.25) is 0 Å². The van der Waals surface area contributed by atoms with Crippen molar-refractivity contribution in [2.24, 2.45) is 0 Å². The van der Waals surface area contributed by atoms with E-state index in [9.17, 15) is 22.0 Å². The number of ether oxygens (including phenoxy) is 1. The van der Waals surface area contributed by atoms with Gasteiger partial charge in [0, 0.05) is 29.0 Å². The molecule has 0 saturated carbocycles. The second-order valence-corrected chi connectivity index (χ2v) is 8.56. The first-order valence-electron chi connectivity index (χ1n) is 8.22. The smallest absolute Gasteiger partial charge is 0.340 e. The lowest BCUT2D eigenvalue weighted by molar-refractivity contribution is 0.0595. The minimum absolute atomic E-state index is 0.129. The maximum Gasteiger partial charge on any atom is 0.340 e. The number of allylic oxidation sites excluding steroid dienone is 2. The lowest BCUT2D eigenvalue weighted by atomic mass is 10.2. The number of methoxy groups -OCH3 is 1. The molecule has 0 aromatic heterocycles. The lowest BCUT2D eigenvalue weighted by Crippen LogP contribution is -2.19. The van der Waals surface area contributed by atoms with E-state index >= 15 is 0 Å². The molecule has 1 N–H and O–H groups in total. The zero-order valence-electron chi connectivity index (χ0n) is 15.0. The summed E-state index contributed by atoms with van der Waals surface area (Å²) in [4.78, 5) is 13.2. The first-order chi connectivity index (χ1) is 13.7. The Bertz CT molecular complexity index is 1120. The molecule has 0 fully saturated rings. The van der Waals surface area contributed by atoms with Gasteiger partial charge in [-0.1, -0.05) is 22.0 Å². The molecule has 0 unspecified atom stereocenters. The van der Waals surface area contributed by atoms with Crippen LogP contribution in [0.4, 0.5) is 20.2 Å². The van der Waals surface area contributed by atoms with Crippen LogP contribution in [0.1, 0.15) is 10.4 Å². The van der Waals surface area contributed by atoms with Gasteiger partial charge in [-0.05, 0) is 36.4 Å². The van der Waals surface area contributed by atoms with Crippen molar-refractivity contribution in [3.05, 3.63) is 76.4 Å². The van der Waals surface area contributed by atoms with Crippen molar-refractivity contribution in [3.63, 3.8) is 0 Å². The Morgan fingerprint density at radius 1 is 1.17 bits per heavy atom. The molecule has 0 saturated heterocycles. The quantitative estimate of drug-likeness (QED) is 0.644. The SMILES string of the molecule is COC(=O)c1cc(F)c(NS(=O)(=O)c2ccc(N3C=CC(Br)=CC3)cc2)cc1F. The number of sulfonamides is 1. The van der Waals surface area contributed by atoms with Crippen LogP contribution in [-0.4, -0.2) is 28.0 Å². The van der Waals surface area contributed by atoms with Crippen LogP contribution in [0, 0.1) is 11.6 Å². The van der Waals surface area contributed by atoms with Crippen molar-refractivity contribution in [1.82, 2.24) is 0 Å². The molecule has 6 nitrogen and oxygen atoms in total. The van der Waals surface area contributed by atoms with Gasteiger partial charge in [0.25, 0.3) is 10.0 Å². The number of carbonyl (C=O) groups excluding carboxylic acids is 1. The summed E-state index contributed by atoms with van der Waals surface area (Å²) in [6.45, 7) is 0.610. The summed E-state index contributed by atoms with van der Waals surface area (Å²) in [6, 6.07) is 7.09. The largest absolute Gasteiger partial charge is 0.465 e. The molecule has 0 bridgehead atoms. The minimum atomic E-state index is -4.18. The van der Waals surface area contributed by atoms with Gasteiger partial charge in [-0.25, -0.2) is 22.0 Å². The van der Waals surface area contributed by atoms with E-state index < -0.39 is 38.9 Å². The van der Waals surface area contributed by atoms with Gasteiger partial charge in [0.05, 0.1) is 23.3 Å². The molecule has 1 heterocycles. The van der Waals surface area contributed by atoms with Crippen molar-refractivity contribution in [2.45, 2.75) is 4.90 Å². The third kappa shape index (κ3) is 4.65. The van der Waals surface area contributed by atoms with Gasteiger partial charge in [0.1, 0.15) is 11.6 Å². The van der Waals surface area contributed by atoms with Gasteiger partial charge >= 0.3 is 5.97 Å². The van der Waals surface area contributed by atoms with Crippen LogP contribution in [0.5, 0.6) is 0 Å². The van der Waals surface area contributed by atoms with E-state index in [2.05, 4.69) is 20.7 Å². The Morgan fingerprint density at radius 3 is 2.45 bits per heavy atom. The monoisotopic (exact) mass is 484 g/mol. The number of hydrogen-bond acceptors (Lipinski definition) is 5. The van der Waals surface area contributed by atoms with E-state index in [1.54, 1.807) is 12.1 Å². The molecule has 1 aliphatic rings. The van der Waals surface area contributed by atoms with E-state index in [4.69, 9.17) is 0 Å². The van der Waals surface area contributed by atoms with Gasteiger partial charge in [-0.3, -0.25) is 4.72 Å². The molecule has 3 rings (SSSR count). The minimum Gasteiger partial charge on any atom is -0.465 e. The molecule has 152 valence electrons. The number of nitrogens with zero attached hydrogens (tertiary/aromatic N) is 1. The van der Waals surface area contributed by atoms with Crippen molar-refractivity contribution in [3.8, 4) is 0 Å². The Morgan fingerprint density at radius 2 is 1.86 bits per heavy atom.